The van der Waals surface area contributed by atoms with Gasteiger partial charge < -0.3 is 119 Å². The van der Waals surface area contributed by atoms with Gasteiger partial charge in [0, 0.05) is 34.4 Å². The zero-order valence-electron chi connectivity index (χ0n) is 76.9. The first kappa shape index (κ1) is 102. The van der Waals surface area contributed by atoms with Gasteiger partial charge in [0.15, 0.2) is 18.5 Å². The fraction of sp³-hybridized carbons (Fsp3) is 0.500. The summed E-state index contributed by atoms with van der Waals surface area (Å²) in [6.45, 7) is 10.5. The average Bonchev–Trinajstić information content (AvgIpc) is 0.939. The van der Waals surface area contributed by atoms with Gasteiger partial charge in [0.25, 0.3) is 0 Å². The zero-order valence-corrected chi connectivity index (χ0v) is 78.5. The number of rotatable bonds is 38. The number of methoxy groups -OCH3 is 10. The summed E-state index contributed by atoms with van der Waals surface area (Å²) >= 11 is 0. The third-order valence-corrected chi connectivity index (χ3v) is 25.6. The fourth-order valence-electron chi connectivity index (χ4n) is 16.6. The van der Waals surface area contributed by atoms with E-state index in [4.69, 9.17) is 135 Å². The van der Waals surface area contributed by atoms with Crippen molar-refractivity contribution in [3.8, 4) is 34.5 Å². The summed E-state index contributed by atoms with van der Waals surface area (Å²) in [6.07, 6.45) is -7.62. The van der Waals surface area contributed by atoms with Crippen LogP contribution in [-0.2, 0) is 167 Å². The van der Waals surface area contributed by atoms with Gasteiger partial charge >= 0.3 is 21.0 Å². The van der Waals surface area contributed by atoms with Crippen LogP contribution in [0.4, 0.5) is 0 Å². The summed E-state index contributed by atoms with van der Waals surface area (Å²) in [6, 6.07) is 66.7. The molecule has 0 N–H and O–H groups in total. The Morgan fingerprint density at radius 3 is 1.11 bits per heavy atom. The molecule has 5 heterocycles. The van der Waals surface area contributed by atoms with Gasteiger partial charge in [-0.25, -0.2) is 8.37 Å². The fourth-order valence-corrected chi connectivity index (χ4v) is 17.5. The second-order valence-corrected chi connectivity index (χ2v) is 34.6. The van der Waals surface area contributed by atoms with Crippen molar-refractivity contribution in [1.29, 1.82) is 0 Å². The van der Waals surface area contributed by atoms with Crippen LogP contribution in [0.5, 0.6) is 34.5 Å². The molecule has 0 radical (unpaired) electrons. The maximum Gasteiger partial charge on any atom is 0.425 e. The number of hydrogen-bond donors (Lipinski definition) is 0. The van der Waals surface area contributed by atoms with E-state index in [2.05, 4.69) is 0 Å². The molecule has 2 saturated carbocycles. The molecule has 718 valence electrons. The SMILES string of the molecule is CO[C@]1(C)O[C@H]2[C@H]3OS(=O)(=O)OC[C@H]3O[C@@H](OCc3ccccc3)[C@@H]2O[C@@]1(C)OC.COc1ccc(COC[C@H]2CC[C@@H](OCc3ccc(OC)cc3)[C@@H]2OCc2ccc(OC)cc2)cc1.COc1ccc(COC[C@H]2[C+](C[C@H]3O[C@@H](OCc4ccccc4)[C@@H]4O[C@@](C)(OC)[C@](C)(OC)O[C@H]4[C@H]3[O-])C[C@@H](OCc3ccc(OC)cc3)[C@@H]2OCc2ccc(OC)cc2)cc1.O=S(=O)=O. The Labute approximate surface area is 774 Å². The highest BCUT2D eigenvalue weighted by Gasteiger charge is 2.66. The summed E-state index contributed by atoms with van der Waals surface area (Å²) in [4.78, 5) is 0. The van der Waals surface area contributed by atoms with E-state index in [9.17, 15) is 13.5 Å². The highest BCUT2D eigenvalue weighted by molar-refractivity contribution is 7.81. The molecular weight excluding hydrogens is 1750 g/mol. The maximum atomic E-state index is 14.8. The first-order valence-corrected chi connectivity index (χ1v) is 45.8. The predicted octanol–water partition coefficient (Wildman–Crippen LogP) is 12.5. The molecule has 15 rings (SSSR count). The molecule has 7 fully saturated rings. The van der Waals surface area contributed by atoms with Crippen molar-refractivity contribution in [3.63, 3.8) is 0 Å². The number of fused-ring (bicyclic) bond motifs is 4. The Balaban J connectivity index is 0.000000190. The summed E-state index contributed by atoms with van der Waals surface area (Å²) < 4.78 is 203. The molecule has 0 bridgehead atoms. The molecule has 0 unspecified atom stereocenters. The Bertz CT molecular complexity index is 5000. The zero-order chi connectivity index (χ0) is 94.0. The molecule has 132 heavy (non-hydrogen) atoms. The number of benzene rings is 8. The second kappa shape index (κ2) is 48.6. The first-order chi connectivity index (χ1) is 63.7. The third-order valence-electron chi connectivity index (χ3n) is 24.8. The summed E-state index contributed by atoms with van der Waals surface area (Å²) in [5.74, 6) is 0.387. The van der Waals surface area contributed by atoms with Gasteiger partial charge in [-0.05, 0) is 158 Å². The van der Waals surface area contributed by atoms with E-state index in [1.165, 1.54) is 28.4 Å². The molecule has 32 nitrogen and oxygen atoms in total. The molecule has 8 aromatic carbocycles. The minimum atomic E-state index is -4.18. The van der Waals surface area contributed by atoms with Crippen LogP contribution in [0.3, 0.4) is 0 Å². The minimum absolute atomic E-state index is 0.0138. The Morgan fingerprint density at radius 2 is 0.712 bits per heavy atom. The largest absolute Gasteiger partial charge is 0.848 e. The molecule has 8 aromatic rings. The van der Waals surface area contributed by atoms with Gasteiger partial charge in [-0.2, -0.15) is 8.42 Å². The van der Waals surface area contributed by atoms with Gasteiger partial charge in [-0.3, -0.25) is 0 Å². The van der Waals surface area contributed by atoms with Crippen LogP contribution in [0.2, 0.25) is 0 Å². The second-order valence-electron chi connectivity index (χ2n) is 32.9. The van der Waals surface area contributed by atoms with Crippen molar-refractivity contribution < 1.29 is 148 Å². The standard InChI is InChI=1S/C49H60O13.C30H36O6.C19H26O10S.O3S/c1-48(54-6)49(2,55-7)62-46-45(61-48)43(50)41(60-47(46)59-30-32-11-9-8-10-12-32)25-36-26-42(57-28-34-15-21-38(52-4)22-16-34)44(58-29-35-17-23-39(53-5)24-18-35)40(36)31-56-27-33-13-19-37(51-3)20-14-33;1-31-26-11-4-22(5-12-26)18-34-21-25-10-17-29(35-19-23-6-13-27(32-2)14-7-23)30(25)36-20-24-8-15-28(33-3)16-9-24;1-18(22-3)19(2,23-4)28-16-15(27-18)14-13(11-25-30(20,21)29-14)26-17(16)24-10-12-8-6-5-7-9-12;1-4(2)3/h8-24,40-47H,25-31H2,1-7H3;4-9,11-16,25,29-30H,10,17-21H2,1-3H3;5-9,13-17H,10-11H2,1-4H3;/t40-,41+,42+,43-,44+,45-,46+,47+,48+,49+;25-,29-,30-;13-,14+,15+,16-,17-,18-,19-;/m011./s1. The maximum absolute atomic E-state index is 14.8. The van der Waals surface area contributed by atoms with Gasteiger partial charge in [-0.1, -0.05) is 140 Å². The smallest absolute Gasteiger partial charge is 0.425 e. The van der Waals surface area contributed by atoms with Crippen LogP contribution in [0.25, 0.3) is 0 Å². The van der Waals surface area contributed by atoms with E-state index in [0.29, 0.717) is 59.3 Å². The van der Waals surface area contributed by atoms with Gasteiger partial charge in [0.2, 0.25) is 23.1 Å². The normalized spacial score (nSPS) is 29.1. The van der Waals surface area contributed by atoms with Crippen LogP contribution >= 0.6 is 0 Å². The monoisotopic (exact) mass is 1870 g/mol. The topological polar surface area (TPSA) is 348 Å². The van der Waals surface area contributed by atoms with E-state index in [1.807, 2.05) is 206 Å². The van der Waals surface area contributed by atoms with Crippen LogP contribution in [0.15, 0.2) is 206 Å². The number of ether oxygens (including phenoxy) is 24. The van der Waals surface area contributed by atoms with Crippen molar-refractivity contribution in [2.75, 3.05) is 90.9 Å². The molecule has 5 aliphatic heterocycles. The highest BCUT2D eigenvalue weighted by atomic mass is 32.3. The van der Waals surface area contributed by atoms with Crippen molar-refractivity contribution in [3.05, 3.63) is 257 Å². The molecule has 0 aromatic heterocycles. The Morgan fingerprint density at radius 1 is 0.379 bits per heavy atom. The first-order valence-electron chi connectivity index (χ1n) is 43.5. The number of hydrogen-bond acceptors (Lipinski definition) is 32. The van der Waals surface area contributed by atoms with Crippen LogP contribution in [-0.4, -0.2) is 221 Å². The average molecular weight is 1880 g/mol. The van der Waals surface area contributed by atoms with Crippen molar-refractivity contribution in [2.45, 2.75) is 215 Å². The van der Waals surface area contributed by atoms with Crippen LogP contribution in [0.1, 0.15) is 97.9 Å². The molecular formula is C98H122O32S2. The third kappa shape index (κ3) is 26.9. The van der Waals surface area contributed by atoms with E-state index in [-0.39, 0.29) is 56.4 Å². The van der Waals surface area contributed by atoms with E-state index < -0.39 is 112 Å². The van der Waals surface area contributed by atoms with Crippen molar-refractivity contribution >= 4 is 21.0 Å². The molecule has 0 amide bonds. The van der Waals surface area contributed by atoms with Gasteiger partial charge in [0.05, 0.1) is 140 Å². The van der Waals surface area contributed by atoms with E-state index >= 15 is 0 Å². The summed E-state index contributed by atoms with van der Waals surface area (Å²) in [5, 5.41) is 14.8. The minimum Gasteiger partial charge on any atom is -0.848 e. The van der Waals surface area contributed by atoms with E-state index in [1.54, 1.807) is 70.4 Å². The molecule has 0 spiro atoms. The summed E-state index contributed by atoms with van der Waals surface area (Å²) in [5.41, 5.74) is 8.17. The lowest BCUT2D eigenvalue weighted by molar-refractivity contribution is -0.543. The Hall–Kier alpha value is -8.84. The molecule has 20 atom stereocenters. The van der Waals surface area contributed by atoms with Gasteiger partial charge in [0.1, 0.15) is 96.0 Å². The van der Waals surface area contributed by atoms with E-state index in [0.717, 1.165) is 97.8 Å². The van der Waals surface area contributed by atoms with Crippen LogP contribution < -0.4 is 33.5 Å². The van der Waals surface area contributed by atoms with Crippen molar-refractivity contribution in [2.24, 2.45) is 11.8 Å². The Kier molecular flexibility index (Phi) is 37.6. The predicted molar refractivity (Wildman–Crippen MR) is 474 cm³/mol. The lowest BCUT2D eigenvalue weighted by atomic mass is 9.85. The molecule has 34 heteroatoms. The van der Waals surface area contributed by atoms with Gasteiger partial charge in [-0.15, -0.1) is 12.6 Å². The molecule has 7 aliphatic rings. The van der Waals surface area contributed by atoms with Crippen LogP contribution in [0, 0.1) is 17.8 Å². The molecule has 5 saturated heterocycles. The summed E-state index contributed by atoms with van der Waals surface area (Å²) in [7, 11) is 8.57. The van der Waals surface area contributed by atoms with Crippen molar-refractivity contribution in [1.82, 2.24) is 0 Å². The quantitative estimate of drug-likeness (QED) is 0.0324. The highest BCUT2D eigenvalue weighted by Crippen LogP contribution is 2.50. The lowest BCUT2D eigenvalue weighted by Gasteiger charge is -2.59. The molecule has 2 aliphatic carbocycles. The lowest BCUT2D eigenvalue weighted by Crippen LogP contribution is -2.74.